The van der Waals surface area contributed by atoms with Crippen LogP contribution in [-0.2, 0) is 11.3 Å². The van der Waals surface area contributed by atoms with Crippen molar-refractivity contribution in [3.05, 3.63) is 93.7 Å². The molecular formula is C19H18FN3O3. The third-order valence-corrected chi connectivity index (χ3v) is 4.07. The first-order valence-electron chi connectivity index (χ1n) is 8.15. The molecule has 0 aliphatic heterocycles. The average molecular weight is 355 g/mol. The van der Waals surface area contributed by atoms with Crippen LogP contribution in [0.1, 0.15) is 23.1 Å². The number of benzene rings is 2. The fraction of sp³-hybridized carbons (Fsp3) is 0.211. The van der Waals surface area contributed by atoms with Gasteiger partial charge in [0.25, 0.3) is 0 Å². The molecule has 0 amide bonds. The van der Waals surface area contributed by atoms with E-state index in [-0.39, 0.29) is 24.8 Å². The number of nitro groups is 1. The van der Waals surface area contributed by atoms with E-state index in [9.17, 15) is 14.5 Å². The Morgan fingerprint density at radius 1 is 1.19 bits per heavy atom. The standard InChI is InChI=1S/C19H18FN3O3/c1-14-21-13-18(23(24)25)22(14)10-11-26-19(15-6-3-2-4-7-15)16-8-5-9-17(20)12-16/h2-9,12-13,19H,10-11H2,1H3. The van der Waals surface area contributed by atoms with Gasteiger partial charge in [-0.15, -0.1) is 0 Å². The van der Waals surface area contributed by atoms with E-state index in [4.69, 9.17) is 4.74 Å². The molecule has 1 unspecified atom stereocenters. The number of aromatic nitrogens is 2. The molecule has 1 aromatic heterocycles. The topological polar surface area (TPSA) is 70.2 Å². The number of rotatable bonds is 7. The minimum atomic E-state index is -0.471. The maximum absolute atomic E-state index is 13.6. The summed E-state index contributed by atoms with van der Waals surface area (Å²) in [7, 11) is 0. The Morgan fingerprint density at radius 3 is 2.62 bits per heavy atom. The van der Waals surface area contributed by atoms with Crippen LogP contribution in [0.25, 0.3) is 0 Å². The molecule has 0 aliphatic carbocycles. The Hall–Kier alpha value is -3.06. The van der Waals surface area contributed by atoms with Gasteiger partial charge in [-0.1, -0.05) is 42.5 Å². The molecule has 0 saturated heterocycles. The van der Waals surface area contributed by atoms with Gasteiger partial charge in [-0.05, 0) is 28.2 Å². The van der Waals surface area contributed by atoms with E-state index in [1.165, 1.54) is 22.9 Å². The van der Waals surface area contributed by atoms with Crippen LogP contribution in [0.15, 0.2) is 60.8 Å². The van der Waals surface area contributed by atoms with Crippen molar-refractivity contribution in [3.8, 4) is 0 Å². The number of hydrogen-bond acceptors (Lipinski definition) is 4. The molecule has 0 aliphatic rings. The van der Waals surface area contributed by atoms with Gasteiger partial charge in [0.15, 0.2) is 5.82 Å². The number of halogens is 1. The lowest BCUT2D eigenvalue weighted by atomic mass is 10.0. The SMILES string of the molecule is Cc1ncc([N+](=O)[O-])n1CCOC(c1ccccc1)c1cccc(F)c1. The highest BCUT2D eigenvalue weighted by Gasteiger charge is 2.19. The summed E-state index contributed by atoms with van der Waals surface area (Å²) in [5, 5.41) is 11.1. The van der Waals surface area contributed by atoms with Gasteiger partial charge in [-0.3, -0.25) is 0 Å². The molecule has 3 rings (SSSR count). The molecule has 26 heavy (non-hydrogen) atoms. The third kappa shape index (κ3) is 3.94. The number of nitrogens with zero attached hydrogens (tertiary/aromatic N) is 3. The Bertz CT molecular complexity index is 896. The Balaban J connectivity index is 1.79. The van der Waals surface area contributed by atoms with Crippen LogP contribution in [0.3, 0.4) is 0 Å². The van der Waals surface area contributed by atoms with Crippen LogP contribution < -0.4 is 0 Å². The van der Waals surface area contributed by atoms with Gasteiger partial charge in [0.2, 0.25) is 0 Å². The van der Waals surface area contributed by atoms with Gasteiger partial charge in [0.05, 0.1) is 6.61 Å². The van der Waals surface area contributed by atoms with E-state index in [1.807, 2.05) is 30.3 Å². The molecule has 6 nitrogen and oxygen atoms in total. The second-order valence-corrected chi connectivity index (χ2v) is 5.79. The molecule has 0 fully saturated rings. The van der Waals surface area contributed by atoms with Crippen molar-refractivity contribution in [3.63, 3.8) is 0 Å². The number of imidazole rings is 1. The summed E-state index contributed by atoms with van der Waals surface area (Å²) >= 11 is 0. The molecule has 1 heterocycles. The van der Waals surface area contributed by atoms with E-state index in [0.717, 1.165) is 5.56 Å². The Morgan fingerprint density at radius 2 is 1.92 bits per heavy atom. The van der Waals surface area contributed by atoms with Crippen molar-refractivity contribution >= 4 is 5.82 Å². The van der Waals surface area contributed by atoms with Gasteiger partial charge in [0.1, 0.15) is 24.7 Å². The predicted molar refractivity (Wildman–Crippen MR) is 94.3 cm³/mol. The summed E-state index contributed by atoms with van der Waals surface area (Å²) in [6, 6.07) is 15.7. The molecule has 0 saturated carbocycles. The smallest absolute Gasteiger partial charge is 0.342 e. The minimum Gasteiger partial charge on any atom is -0.365 e. The largest absolute Gasteiger partial charge is 0.365 e. The Labute approximate surface area is 150 Å². The second kappa shape index (κ2) is 7.88. The highest BCUT2D eigenvalue weighted by molar-refractivity contribution is 5.30. The first-order chi connectivity index (χ1) is 12.6. The molecule has 0 bridgehead atoms. The summed E-state index contributed by atoms with van der Waals surface area (Å²) in [6.07, 6.45) is 0.770. The maximum Gasteiger partial charge on any atom is 0.342 e. The predicted octanol–water partition coefficient (Wildman–Crippen LogP) is 4.05. The van der Waals surface area contributed by atoms with Crippen molar-refractivity contribution in [2.45, 2.75) is 19.6 Å². The molecule has 0 N–H and O–H groups in total. The van der Waals surface area contributed by atoms with Crippen molar-refractivity contribution in [1.82, 2.24) is 9.55 Å². The highest BCUT2D eigenvalue weighted by Crippen LogP contribution is 2.26. The van der Waals surface area contributed by atoms with Crippen molar-refractivity contribution in [2.75, 3.05) is 6.61 Å². The van der Waals surface area contributed by atoms with Gasteiger partial charge in [-0.2, -0.15) is 0 Å². The molecule has 0 radical (unpaired) electrons. The normalized spacial score (nSPS) is 12.1. The fourth-order valence-corrected chi connectivity index (χ4v) is 2.82. The second-order valence-electron chi connectivity index (χ2n) is 5.79. The maximum atomic E-state index is 13.6. The van der Waals surface area contributed by atoms with Crippen molar-refractivity contribution < 1.29 is 14.1 Å². The lowest BCUT2D eigenvalue weighted by molar-refractivity contribution is -0.392. The van der Waals surface area contributed by atoms with Crippen molar-refractivity contribution in [2.24, 2.45) is 0 Å². The van der Waals surface area contributed by atoms with E-state index < -0.39 is 11.0 Å². The average Bonchev–Trinajstić information content (AvgIpc) is 3.00. The number of hydrogen-bond donors (Lipinski definition) is 0. The summed E-state index contributed by atoms with van der Waals surface area (Å²) in [4.78, 5) is 14.6. The molecule has 134 valence electrons. The van der Waals surface area contributed by atoms with Crippen LogP contribution in [0.4, 0.5) is 10.2 Å². The lowest BCUT2D eigenvalue weighted by Crippen LogP contribution is -2.14. The van der Waals surface area contributed by atoms with Crippen LogP contribution in [0, 0.1) is 22.9 Å². The molecule has 0 spiro atoms. The van der Waals surface area contributed by atoms with Gasteiger partial charge in [-0.25, -0.2) is 13.9 Å². The van der Waals surface area contributed by atoms with Crippen LogP contribution in [-0.4, -0.2) is 21.1 Å². The van der Waals surface area contributed by atoms with Gasteiger partial charge in [0, 0.05) is 6.92 Å². The van der Waals surface area contributed by atoms with E-state index in [0.29, 0.717) is 11.4 Å². The van der Waals surface area contributed by atoms with E-state index >= 15 is 0 Å². The summed E-state index contributed by atoms with van der Waals surface area (Å²) < 4.78 is 21.1. The van der Waals surface area contributed by atoms with Crippen LogP contribution in [0.2, 0.25) is 0 Å². The van der Waals surface area contributed by atoms with Crippen LogP contribution in [0.5, 0.6) is 0 Å². The van der Waals surface area contributed by atoms with E-state index in [1.54, 1.807) is 19.1 Å². The lowest BCUT2D eigenvalue weighted by Gasteiger charge is -2.19. The summed E-state index contributed by atoms with van der Waals surface area (Å²) in [5.74, 6) is 0.128. The molecule has 7 heteroatoms. The minimum absolute atomic E-state index is 0.0758. The molecule has 3 aromatic rings. The zero-order chi connectivity index (χ0) is 18.5. The number of aryl methyl sites for hydroxylation is 1. The zero-order valence-corrected chi connectivity index (χ0v) is 14.2. The first-order valence-corrected chi connectivity index (χ1v) is 8.15. The number of ether oxygens (including phenoxy) is 1. The molecular weight excluding hydrogens is 337 g/mol. The quantitative estimate of drug-likeness (QED) is 0.474. The van der Waals surface area contributed by atoms with Gasteiger partial charge < -0.3 is 14.9 Å². The van der Waals surface area contributed by atoms with Crippen molar-refractivity contribution in [1.29, 1.82) is 0 Å². The Kier molecular flexibility index (Phi) is 5.38. The first kappa shape index (κ1) is 17.8. The summed E-state index contributed by atoms with van der Waals surface area (Å²) in [6.45, 7) is 2.20. The monoisotopic (exact) mass is 355 g/mol. The highest BCUT2D eigenvalue weighted by atomic mass is 19.1. The third-order valence-electron chi connectivity index (χ3n) is 4.07. The fourth-order valence-electron chi connectivity index (χ4n) is 2.82. The summed E-state index contributed by atoms with van der Waals surface area (Å²) in [5.41, 5.74) is 1.57. The van der Waals surface area contributed by atoms with E-state index in [2.05, 4.69) is 4.98 Å². The van der Waals surface area contributed by atoms with Gasteiger partial charge >= 0.3 is 5.82 Å². The molecule has 1 atom stereocenters. The molecule has 2 aromatic carbocycles. The van der Waals surface area contributed by atoms with Crippen LogP contribution >= 0.6 is 0 Å². The zero-order valence-electron chi connectivity index (χ0n) is 14.2.